The van der Waals surface area contributed by atoms with Gasteiger partial charge in [-0.15, -0.1) is 0 Å². The van der Waals surface area contributed by atoms with Crippen molar-refractivity contribution in [2.45, 2.75) is 25.8 Å². The second-order valence-corrected chi connectivity index (χ2v) is 4.04. The SMILES string of the molecule is CC(N)CC/C=C/c1ccc(F)c(Cl)c1. The highest BCUT2D eigenvalue weighted by molar-refractivity contribution is 6.30. The molecule has 1 aromatic rings. The zero-order valence-electron chi connectivity index (χ0n) is 8.71. The molecule has 0 spiro atoms. The van der Waals surface area contributed by atoms with Crippen LogP contribution in [-0.2, 0) is 0 Å². The number of benzene rings is 1. The first-order valence-corrected chi connectivity index (χ1v) is 5.34. The standard InChI is InChI=1S/C12H15ClFN/c1-9(15)4-2-3-5-10-6-7-12(14)11(13)8-10/h3,5-9H,2,4,15H2,1H3/b5-3+. The fourth-order valence-electron chi connectivity index (χ4n) is 1.19. The molecule has 1 aromatic carbocycles. The van der Waals surface area contributed by atoms with E-state index in [0.717, 1.165) is 18.4 Å². The van der Waals surface area contributed by atoms with Crippen molar-refractivity contribution in [3.8, 4) is 0 Å². The van der Waals surface area contributed by atoms with Gasteiger partial charge in [-0.3, -0.25) is 0 Å². The van der Waals surface area contributed by atoms with Crippen LogP contribution in [0.1, 0.15) is 25.3 Å². The summed E-state index contributed by atoms with van der Waals surface area (Å²) in [5.41, 5.74) is 6.52. The van der Waals surface area contributed by atoms with Gasteiger partial charge in [-0.1, -0.05) is 29.8 Å². The quantitative estimate of drug-likeness (QED) is 0.836. The van der Waals surface area contributed by atoms with Crippen LogP contribution in [0.25, 0.3) is 6.08 Å². The second-order valence-electron chi connectivity index (χ2n) is 3.63. The maximum Gasteiger partial charge on any atom is 0.141 e. The molecule has 0 radical (unpaired) electrons. The van der Waals surface area contributed by atoms with Gasteiger partial charge in [0.25, 0.3) is 0 Å². The Morgan fingerprint density at radius 2 is 2.27 bits per heavy atom. The van der Waals surface area contributed by atoms with E-state index in [1.807, 2.05) is 19.1 Å². The Bertz CT molecular complexity index is 347. The molecule has 82 valence electrons. The van der Waals surface area contributed by atoms with Gasteiger partial charge in [0, 0.05) is 6.04 Å². The lowest BCUT2D eigenvalue weighted by atomic mass is 10.1. The maximum absolute atomic E-state index is 12.8. The highest BCUT2D eigenvalue weighted by Gasteiger charge is 1.97. The number of halogens is 2. The van der Waals surface area contributed by atoms with E-state index in [1.165, 1.54) is 6.07 Å². The molecule has 1 nitrogen and oxygen atoms in total. The van der Waals surface area contributed by atoms with Crippen molar-refractivity contribution in [3.05, 3.63) is 40.7 Å². The van der Waals surface area contributed by atoms with Crippen LogP contribution in [0.5, 0.6) is 0 Å². The first-order chi connectivity index (χ1) is 7.09. The maximum atomic E-state index is 12.8. The second kappa shape index (κ2) is 5.89. The smallest absolute Gasteiger partial charge is 0.141 e. The minimum atomic E-state index is -0.385. The summed E-state index contributed by atoms with van der Waals surface area (Å²) < 4.78 is 12.8. The first kappa shape index (κ1) is 12.2. The molecule has 0 heterocycles. The molecule has 0 amide bonds. The van der Waals surface area contributed by atoms with Gasteiger partial charge in [0.05, 0.1) is 5.02 Å². The zero-order valence-corrected chi connectivity index (χ0v) is 9.47. The molecule has 0 bridgehead atoms. The summed E-state index contributed by atoms with van der Waals surface area (Å²) in [7, 11) is 0. The lowest BCUT2D eigenvalue weighted by molar-refractivity contribution is 0.628. The Hall–Kier alpha value is -0.860. The van der Waals surface area contributed by atoms with E-state index in [-0.39, 0.29) is 16.9 Å². The summed E-state index contributed by atoms with van der Waals surface area (Å²) in [5, 5.41) is 0.157. The molecule has 1 unspecified atom stereocenters. The number of nitrogens with two attached hydrogens (primary N) is 1. The molecule has 2 N–H and O–H groups in total. The van der Waals surface area contributed by atoms with Gasteiger partial charge >= 0.3 is 0 Å². The first-order valence-electron chi connectivity index (χ1n) is 4.97. The molecule has 0 aliphatic rings. The Morgan fingerprint density at radius 3 is 2.87 bits per heavy atom. The van der Waals surface area contributed by atoms with Crippen LogP contribution >= 0.6 is 11.6 Å². The number of hydrogen-bond donors (Lipinski definition) is 1. The molecule has 0 saturated carbocycles. The topological polar surface area (TPSA) is 26.0 Å². The molecule has 0 aliphatic heterocycles. The van der Waals surface area contributed by atoms with Crippen molar-refractivity contribution in [3.63, 3.8) is 0 Å². The average Bonchev–Trinajstić information content (AvgIpc) is 2.18. The Labute approximate surface area is 94.7 Å². The van der Waals surface area contributed by atoms with Gasteiger partial charge in [-0.05, 0) is 37.5 Å². The van der Waals surface area contributed by atoms with Crippen LogP contribution in [0.4, 0.5) is 4.39 Å². The van der Waals surface area contributed by atoms with Crippen molar-refractivity contribution in [2.75, 3.05) is 0 Å². The third-order valence-electron chi connectivity index (χ3n) is 2.04. The Balaban J connectivity index is 2.53. The predicted molar refractivity (Wildman–Crippen MR) is 63.3 cm³/mol. The van der Waals surface area contributed by atoms with Crippen LogP contribution in [0.15, 0.2) is 24.3 Å². The molecule has 1 rings (SSSR count). The van der Waals surface area contributed by atoms with Gasteiger partial charge < -0.3 is 5.73 Å². The van der Waals surface area contributed by atoms with E-state index < -0.39 is 0 Å². The number of allylic oxidation sites excluding steroid dienone is 1. The summed E-state index contributed by atoms with van der Waals surface area (Å²) in [6.45, 7) is 1.97. The average molecular weight is 228 g/mol. The summed E-state index contributed by atoms with van der Waals surface area (Å²) >= 11 is 5.65. The third kappa shape index (κ3) is 4.45. The van der Waals surface area contributed by atoms with E-state index in [4.69, 9.17) is 17.3 Å². The van der Waals surface area contributed by atoms with Gasteiger partial charge in [0.2, 0.25) is 0 Å². The normalized spacial score (nSPS) is 13.3. The zero-order chi connectivity index (χ0) is 11.3. The van der Waals surface area contributed by atoms with Crippen molar-refractivity contribution >= 4 is 17.7 Å². The largest absolute Gasteiger partial charge is 0.328 e. The van der Waals surface area contributed by atoms with Gasteiger partial charge in [0.1, 0.15) is 5.82 Å². The minimum absolute atomic E-state index is 0.157. The van der Waals surface area contributed by atoms with Crippen LogP contribution < -0.4 is 5.73 Å². The molecular formula is C12H15ClFN. The third-order valence-corrected chi connectivity index (χ3v) is 2.33. The molecule has 0 fully saturated rings. The predicted octanol–water partition coefficient (Wildman–Crippen LogP) is 3.62. The van der Waals surface area contributed by atoms with Gasteiger partial charge in [-0.2, -0.15) is 0 Å². The summed E-state index contributed by atoms with van der Waals surface area (Å²) in [6.07, 6.45) is 5.82. The molecule has 0 saturated heterocycles. The molecule has 15 heavy (non-hydrogen) atoms. The molecule has 0 aromatic heterocycles. The Morgan fingerprint density at radius 1 is 1.53 bits per heavy atom. The van der Waals surface area contributed by atoms with E-state index in [1.54, 1.807) is 12.1 Å². The van der Waals surface area contributed by atoms with Crippen LogP contribution in [0, 0.1) is 5.82 Å². The number of rotatable bonds is 4. The van der Waals surface area contributed by atoms with Crippen molar-refractivity contribution in [1.29, 1.82) is 0 Å². The van der Waals surface area contributed by atoms with E-state index in [9.17, 15) is 4.39 Å². The van der Waals surface area contributed by atoms with Gasteiger partial charge in [-0.25, -0.2) is 4.39 Å². The molecule has 0 aliphatic carbocycles. The lowest BCUT2D eigenvalue weighted by Gasteiger charge is -2.00. The fraction of sp³-hybridized carbons (Fsp3) is 0.333. The van der Waals surface area contributed by atoms with E-state index in [0.29, 0.717) is 0 Å². The van der Waals surface area contributed by atoms with Crippen molar-refractivity contribution in [1.82, 2.24) is 0 Å². The van der Waals surface area contributed by atoms with Crippen molar-refractivity contribution < 1.29 is 4.39 Å². The number of hydrogen-bond acceptors (Lipinski definition) is 1. The van der Waals surface area contributed by atoms with E-state index in [2.05, 4.69) is 0 Å². The Kier molecular flexibility index (Phi) is 4.79. The molecule has 1 atom stereocenters. The highest BCUT2D eigenvalue weighted by Crippen LogP contribution is 2.17. The summed E-state index contributed by atoms with van der Waals surface area (Å²) in [5.74, 6) is -0.385. The molecule has 3 heteroatoms. The summed E-state index contributed by atoms with van der Waals surface area (Å²) in [4.78, 5) is 0. The van der Waals surface area contributed by atoms with Crippen LogP contribution in [-0.4, -0.2) is 6.04 Å². The minimum Gasteiger partial charge on any atom is -0.328 e. The van der Waals surface area contributed by atoms with E-state index >= 15 is 0 Å². The van der Waals surface area contributed by atoms with Crippen molar-refractivity contribution in [2.24, 2.45) is 5.73 Å². The highest BCUT2D eigenvalue weighted by atomic mass is 35.5. The van der Waals surface area contributed by atoms with Crippen LogP contribution in [0.3, 0.4) is 0 Å². The van der Waals surface area contributed by atoms with Crippen LogP contribution in [0.2, 0.25) is 5.02 Å². The monoisotopic (exact) mass is 227 g/mol. The van der Waals surface area contributed by atoms with Gasteiger partial charge in [0.15, 0.2) is 0 Å². The summed E-state index contributed by atoms with van der Waals surface area (Å²) in [6, 6.07) is 4.89. The lowest BCUT2D eigenvalue weighted by Crippen LogP contribution is -2.13. The molecular weight excluding hydrogens is 213 g/mol. The fourth-order valence-corrected chi connectivity index (χ4v) is 1.38.